The topological polar surface area (TPSA) is 70.8 Å². The van der Waals surface area contributed by atoms with Gasteiger partial charge in [-0.25, -0.2) is 4.98 Å². The lowest BCUT2D eigenvalue weighted by atomic mass is 10.2. The average molecular weight is 387 g/mol. The molecule has 0 aromatic carbocycles. The number of morpholine rings is 1. The summed E-state index contributed by atoms with van der Waals surface area (Å²) in [7, 11) is 0. The molecule has 2 aromatic heterocycles. The van der Waals surface area contributed by atoms with Crippen molar-refractivity contribution in [3.8, 4) is 11.4 Å². The predicted molar refractivity (Wildman–Crippen MR) is 107 cm³/mol. The Kier molecular flexibility index (Phi) is 6.19. The standard InChI is InChI=1S/C20H30N6O2/c1-16(2)14-24-5-7-25(8-6-24)15-19-22-20(23-28-19)17-3-4-18(21-13-17)26-9-11-27-12-10-26/h3-4,13,16H,5-12,14-15H2,1-2H3. The van der Waals surface area contributed by atoms with Crippen LogP contribution in [0.15, 0.2) is 22.9 Å². The zero-order valence-electron chi connectivity index (χ0n) is 16.9. The number of nitrogens with zero attached hydrogens (tertiary/aromatic N) is 6. The molecule has 0 radical (unpaired) electrons. The highest BCUT2D eigenvalue weighted by atomic mass is 16.5. The van der Waals surface area contributed by atoms with E-state index < -0.39 is 0 Å². The molecule has 28 heavy (non-hydrogen) atoms. The fraction of sp³-hybridized carbons (Fsp3) is 0.650. The molecule has 2 fully saturated rings. The summed E-state index contributed by atoms with van der Waals surface area (Å²) < 4.78 is 10.9. The first kappa shape index (κ1) is 19.3. The number of anilines is 1. The molecule has 2 aromatic rings. The van der Waals surface area contributed by atoms with Gasteiger partial charge in [-0.05, 0) is 18.1 Å². The molecule has 0 bridgehead atoms. The minimum atomic E-state index is 0.606. The van der Waals surface area contributed by atoms with Gasteiger partial charge in [0.1, 0.15) is 5.82 Å². The van der Waals surface area contributed by atoms with E-state index in [1.54, 1.807) is 0 Å². The van der Waals surface area contributed by atoms with Crippen LogP contribution in [0.1, 0.15) is 19.7 Å². The van der Waals surface area contributed by atoms with Crippen LogP contribution >= 0.6 is 0 Å². The summed E-state index contributed by atoms with van der Waals surface area (Å²) in [5, 5.41) is 4.15. The normalized spacial score (nSPS) is 19.5. The first-order chi connectivity index (χ1) is 13.7. The Morgan fingerprint density at radius 3 is 2.43 bits per heavy atom. The highest BCUT2D eigenvalue weighted by Gasteiger charge is 2.20. The summed E-state index contributed by atoms with van der Waals surface area (Å²) in [6.07, 6.45) is 1.82. The smallest absolute Gasteiger partial charge is 0.241 e. The lowest BCUT2D eigenvalue weighted by Gasteiger charge is -2.34. The second kappa shape index (κ2) is 8.98. The van der Waals surface area contributed by atoms with E-state index >= 15 is 0 Å². The number of pyridine rings is 1. The molecular formula is C20H30N6O2. The average Bonchev–Trinajstić information content (AvgIpc) is 3.18. The van der Waals surface area contributed by atoms with Gasteiger partial charge >= 0.3 is 0 Å². The SMILES string of the molecule is CC(C)CN1CCN(Cc2nc(-c3ccc(N4CCOCC4)nc3)no2)CC1. The molecule has 8 nitrogen and oxygen atoms in total. The van der Waals surface area contributed by atoms with Crippen LogP contribution in [0.5, 0.6) is 0 Å². The van der Waals surface area contributed by atoms with E-state index in [-0.39, 0.29) is 0 Å². The highest BCUT2D eigenvalue weighted by Crippen LogP contribution is 2.20. The molecule has 0 saturated carbocycles. The van der Waals surface area contributed by atoms with E-state index in [1.165, 1.54) is 6.54 Å². The second-order valence-corrected chi connectivity index (χ2v) is 7.99. The summed E-state index contributed by atoms with van der Waals surface area (Å²) in [5.74, 6) is 2.96. The minimum Gasteiger partial charge on any atom is -0.378 e. The molecule has 4 heterocycles. The molecule has 0 atom stereocenters. The number of hydrogen-bond acceptors (Lipinski definition) is 8. The van der Waals surface area contributed by atoms with Gasteiger partial charge in [0.25, 0.3) is 0 Å². The molecule has 8 heteroatoms. The van der Waals surface area contributed by atoms with Crippen molar-refractivity contribution in [2.45, 2.75) is 20.4 Å². The van der Waals surface area contributed by atoms with Crippen molar-refractivity contribution >= 4 is 5.82 Å². The van der Waals surface area contributed by atoms with Gasteiger partial charge in [-0.1, -0.05) is 19.0 Å². The monoisotopic (exact) mass is 386 g/mol. The van der Waals surface area contributed by atoms with Crippen LogP contribution in [0, 0.1) is 5.92 Å². The number of aromatic nitrogens is 3. The second-order valence-electron chi connectivity index (χ2n) is 7.99. The maximum Gasteiger partial charge on any atom is 0.241 e. The van der Waals surface area contributed by atoms with Gasteiger partial charge in [-0.3, -0.25) is 4.90 Å². The van der Waals surface area contributed by atoms with E-state index in [9.17, 15) is 0 Å². The summed E-state index contributed by atoms with van der Waals surface area (Å²) in [5.41, 5.74) is 0.883. The van der Waals surface area contributed by atoms with Crippen LogP contribution in [0.3, 0.4) is 0 Å². The summed E-state index contributed by atoms with van der Waals surface area (Å²) in [6, 6.07) is 4.03. The minimum absolute atomic E-state index is 0.606. The van der Waals surface area contributed by atoms with Gasteiger partial charge in [-0.2, -0.15) is 4.98 Å². The third-order valence-corrected chi connectivity index (χ3v) is 5.26. The highest BCUT2D eigenvalue weighted by molar-refractivity contribution is 5.55. The van der Waals surface area contributed by atoms with Crippen molar-refractivity contribution in [2.24, 2.45) is 5.92 Å². The van der Waals surface area contributed by atoms with Crippen molar-refractivity contribution < 1.29 is 9.26 Å². The Labute approximate surface area is 166 Å². The molecule has 0 aliphatic carbocycles. The molecule has 2 aliphatic rings. The quantitative estimate of drug-likeness (QED) is 0.744. The van der Waals surface area contributed by atoms with Gasteiger partial charge in [0.15, 0.2) is 0 Å². The third kappa shape index (κ3) is 4.87. The third-order valence-electron chi connectivity index (χ3n) is 5.26. The maximum absolute atomic E-state index is 5.49. The number of hydrogen-bond donors (Lipinski definition) is 0. The predicted octanol–water partition coefficient (Wildman–Crippen LogP) is 1.74. The first-order valence-corrected chi connectivity index (χ1v) is 10.2. The van der Waals surface area contributed by atoms with Crippen LogP contribution in [-0.2, 0) is 11.3 Å². The zero-order chi connectivity index (χ0) is 19.3. The molecular weight excluding hydrogens is 356 g/mol. The molecule has 0 amide bonds. The first-order valence-electron chi connectivity index (χ1n) is 10.2. The van der Waals surface area contributed by atoms with Crippen molar-refractivity contribution in [1.82, 2.24) is 24.9 Å². The van der Waals surface area contributed by atoms with Gasteiger partial charge in [0.2, 0.25) is 11.7 Å². The molecule has 0 unspecified atom stereocenters. The Bertz CT molecular complexity index is 733. The molecule has 152 valence electrons. The molecule has 4 rings (SSSR count). The summed E-state index contributed by atoms with van der Waals surface area (Å²) in [6.45, 7) is 14.0. The largest absolute Gasteiger partial charge is 0.378 e. The van der Waals surface area contributed by atoms with Crippen molar-refractivity contribution in [1.29, 1.82) is 0 Å². The van der Waals surface area contributed by atoms with Gasteiger partial charge in [0.05, 0.1) is 19.8 Å². The summed E-state index contributed by atoms with van der Waals surface area (Å²) >= 11 is 0. The van der Waals surface area contributed by atoms with E-state index in [4.69, 9.17) is 9.26 Å². The fourth-order valence-corrected chi connectivity index (χ4v) is 3.77. The number of piperazine rings is 1. The number of rotatable bonds is 6. The van der Waals surface area contributed by atoms with Crippen LogP contribution in [0.4, 0.5) is 5.82 Å². The van der Waals surface area contributed by atoms with E-state index in [0.29, 0.717) is 24.2 Å². The summed E-state index contributed by atoms with van der Waals surface area (Å²) in [4.78, 5) is 16.3. The lowest BCUT2D eigenvalue weighted by molar-refractivity contribution is 0.108. The van der Waals surface area contributed by atoms with Gasteiger partial charge < -0.3 is 19.1 Å². The fourth-order valence-electron chi connectivity index (χ4n) is 3.77. The lowest BCUT2D eigenvalue weighted by Crippen LogP contribution is -2.46. The molecule has 0 N–H and O–H groups in total. The number of ether oxygens (including phenoxy) is 1. The van der Waals surface area contributed by atoms with Crippen LogP contribution in [0.25, 0.3) is 11.4 Å². The zero-order valence-corrected chi connectivity index (χ0v) is 16.9. The van der Waals surface area contributed by atoms with Gasteiger partial charge in [0, 0.05) is 57.6 Å². The van der Waals surface area contributed by atoms with E-state index in [2.05, 4.69) is 43.7 Å². The molecule has 0 spiro atoms. The van der Waals surface area contributed by atoms with Gasteiger partial charge in [-0.15, -0.1) is 0 Å². The van der Waals surface area contributed by atoms with Crippen LogP contribution < -0.4 is 4.90 Å². The van der Waals surface area contributed by atoms with E-state index in [1.807, 2.05) is 18.3 Å². The van der Waals surface area contributed by atoms with Crippen LogP contribution in [-0.4, -0.2) is 84.0 Å². The molecule has 2 saturated heterocycles. The molecule has 2 aliphatic heterocycles. The Morgan fingerprint density at radius 1 is 1.00 bits per heavy atom. The maximum atomic E-state index is 5.49. The van der Waals surface area contributed by atoms with Crippen LogP contribution in [0.2, 0.25) is 0 Å². The van der Waals surface area contributed by atoms with Crippen molar-refractivity contribution in [3.63, 3.8) is 0 Å². The Hall–Kier alpha value is -2.03. The van der Waals surface area contributed by atoms with Crippen molar-refractivity contribution in [3.05, 3.63) is 24.2 Å². The Morgan fingerprint density at radius 2 is 1.75 bits per heavy atom. The van der Waals surface area contributed by atoms with E-state index in [0.717, 1.165) is 63.9 Å². The van der Waals surface area contributed by atoms with Crippen molar-refractivity contribution in [2.75, 3.05) is 63.9 Å². The Balaban J connectivity index is 1.32.